The minimum absolute atomic E-state index is 0.00833. The average Bonchev–Trinajstić information content (AvgIpc) is 2.24. The summed E-state index contributed by atoms with van der Waals surface area (Å²) in [4.78, 5) is 0. The van der Waals surface area contributed by atoms with Crippen molar-refractivity contribution < 1.29 is 10.2 Å². The molecule has 0 spiro atoms. The van der Waals surface area contributed by atoms with Gasteiger partial charge in [0.25, 0.3) is 0 Å². The molecule has 0 aliphatic carbocycles. The van der Waals surface area contributed by atoms with E-state index in [1.807, 2.05) is 0 Å². The third-order valence-corrected chi connectivity index (χ3v) is 6.47. The van der Waals surface area contributed by atoms with Crippen molar-refractivity contribution in [3.63, 3.8) is 0 Å². The molecule has 22 heavy (non-hydrogen) atoms. The van der Waals surface area contributed by atoms with E-state index < -0.39 is 12.2 Å². The predicted octanol–water partition coefficient (Wildman–Crippen LogP) is 4.26. The zero-order chi connectivity index (χ0) is 17.7. The summed E-state index contributed by atoms with van der Waals surface area (Å²) in [5.41, 5.74) is 0.142. The number of rotatable bonds is 8. The molecule has 0 aromatic rings. The van der Waals surface area contributed by atoms with E-state index in [4.69, 9.17) is 0 Å². The molecule has 4 atom stereocenters. The lowest BCUT2D eigenvalue weighted by molar-refractivity contribution is 0.116. The standard InChI is InChI=1S/C17H36O2S3/c1-16(2,3)14(21)9-11(18)7-13(20)8-12(19)10-15(22)17(4,5)6/h11-15,18-22H,7-10H2,1-6H3. The minimum atomic E-state index is -0.425. The highest BCUT2D eigenvalue weighted by atomic mass is 32.1. The van der Waals surface area contributed by atoms with Crippen molar-refractivity contribution in [2.75, 3.05) is 0 Å². The summed E-state index contributed by atoms with van der Waals surface area (Å²) < 4.78 is 0. The molecule has 0 amide bonds. The average molecular weight is 369 g/mol. The van der Waals surface area contributed by atoms with Gasteiger partial charge in [-0.15, -0.1) is 0 Å². The fourth-order valence-corrected chi connectivity index (χ4v) is 3.11. The Morgan fingerprint density at radius 3 is 1.14 bits per heavy atom. The Morgan fingerprint density at radius 1 is 0.636 bits per heavy atom. The predicted molar refractivity (Wildman–Crippen MR) is 108 cm³/mol. The molecule has 5 heteroatoms. The smallest absolute Gasteiger partial charge is 0.0561 e. The first-order valence-electron chi connectivity index (χ1n) is 8.13. The second-order valence-corrected chi connectivity index (χ2v) is 10.6. The number of hydrogen-bond donors (Lipinski definition) is 5. The largest absolute Gasteiger partial charge is 0.393 e. The third-order valence-electron chi connectivity index (χ3n) is 4.08. The van der Waals surface area contributed by atoms with Crippen molar-refractivity contribution in [3.8, 4) is 0 Å². The summed E-state index contributed by atoms with van der Waals surface area (Å²) in [6, 6.07) is 0. The van der Waals surface area contributed by atoms with Crippen LogP contribution in [0.15, 0.2) is 0 Å². The summed E-state index contributed by atoms with van der Waals surface area (Å²) in [7, 11) is 0. The van der Waals surface area contributed by atoms with E-state index >= 15 is 0 Å². The summed E-state index contributed by atoms with van der Waals surface area (Å²) >= 11 is 13.7. The third kappa shape index (κ3) is 9.96. The first kappa shape index (κ1) is 23.0. The molecule has 2 N–H and O–H groups in total. The summed E-state index contributed by atoms with van der Waals surface area (Å²) in [6.45, 7) is 12.7. The van der Waals surface area contributed by atoms with E-state index in [0.717, 1.165) is 0 Å². The van der Waals surface area contributed by atoms with Crippen LogP contribution in [0.5, 0.6) is 0 Å². The van der Waals surface area contributed by atoms with Gasteiger partial charge in [0.05, 0.1) is 12.2 Å². The number of aliphatic hydroxyl groups is 2. The van der Waals surface area contributed by atoms with Crippen LogP contribution in [-0.2, 0) is 0 Å². The Morgan fingerprint density at radius 2 is 0.909 bits per heavy atom. The van der Waals surface area contributed by atoms with Crippen LogP contribution in [0.1, 0.15) is 67.2 Å². The molecule has 0 aliphatic heterocycles. The summed E-state index contributed by atoms with van der Waals surface area (Å²) in [5.74, 6) is 0. The molecule has 0 fully saturated rings. The number of hydrogen-bond acceptors (Lipinski definition) is 5. The number of aliphatic hydroxyl groups excluding tert-OH is 2. The highest BCUT2D eigenvalue weighted by molar-refractivity contribution is 7.81. The van der Waals surface area contributed by atoms with Crippen LogP contribution in [0.2, 0.25) is 0 Å². The van der Waals surface area contributed by atoms with Crippen molar-refractivity contribution in [3.05, 3.63) is 0 Å². The van der Waals surface area contributed by atoms with E-state index in [9.17, 15) is 10.2 Å². The summed E-state index contributed by atoms with van der Waals surface area (Å²) in [6.07, 6.45) is 1.62. The fourth-order valence-electron chi connectivity index (χ4n) is 2.14. The van der Waals surface area contributed by atoms with E-state index in [2.05, 4.69) is 79.4 Å². The van der Waals surface area contributed by atoms with Crippen LogP contribution in [0, 0.1) is 10.8 Å². The van der Waals surface area contributed by atoms with Gasteiger partial charge in [-0.3, -0.25) is 0 Å². The zero-order valence-electron chi connectivity index (χ0n) is 15.0. The van der Waals surface area contributed by atoms with Crippen molar-refractivity contribution >= 4 is 37.9 Å². The van der Waals surface area contributed by atoms with Crippen LogP contribution in [0.25, 0.3) is 0 Å². The van der Waals surface area contributed by atoms with Crippen molar-refractivity contribution in [1.29, 1.82) is 0 Å². The maximum absolute atomic E-state index is 10.2. The molecule has 0 bridgehead atoms. The quantitative estimate of drug-likeness (QED) is 0.416. The molecule has 2 nitrogen and oxygen atoms in total. The van der Waals surface area contributed by atoms with E-state index in [1.54, 1.807) is 0 Å². The fraction of sp³-hybridized carbons (Fsp3) is 1.00. The zero-order valence-corrected chi connectivity index (χ0v) is 17.6. The Hall–Kier alpha value is 0.970. The monoisotopic (exact) mass is 368 g/mol. The first-order chi connectivity index (χ1) is 9.73. The second kappa shape index (κ2) is 9.45. The lowest BCUT2D eigenvalue weighted by Gasteiger charge is -2.30. The van der Waals surface area contributed by atoms with E-state index in [-0.39, 0.29) is 26.6 Å². The Labute approximate surface area is 154 Å². The van der Waals surface area contributed by atoms with Gasteiger partial charge in [-0.25, -0.2) is 0 Å². The highest BCUT2D eigenvalue weighted by Crippen LogP contribution is 2.31. The Bertz CT molecular complexity index is 280. The molecular weight excluding hydrogens is 332 g/mol. The van der Waals surface area contributed by atoms with Gasteiger partial charge in [0.1, 0.15) is 0 Å². The van der Waals surface area contributed by atoms with Crippen molar-refractivity contribution in [2.45, 2.75) is 95.2 Å². The van der Waals surface area contributed by atoms with E-state index in [1.165, 1.54) is 0 Å². The lowest BCUT2D eigenvalue weighted by Crippen LogP contribution is -2.30. The van der Waals surface area contributed by atoms with Gasteiger partial charge in [0, 0.05) is 15.7 Å². The topological polar surface area (TPSA) is 40.5 Å². The van der Waals surface area contributed by atoms with Gasteiger partial charge in [-0.05, 0) is 36.5 Å². The molecule has 134 valence electrons. The lowest BCUT2D eigenvalue weighted by atomic mass is 9.86. The molecular formula is C17H36O2S3. The molecule has 4 unspecified atom stereocenters. The normalized spacial score (nSPS) is 20.3. The van der Waals surface area contributed by atoms with Gasteiger partial charge in [0.2, 0.25) is 0 Å². The highest BCUT2D eigenvalue weighted by Gasteiger charge is 2.27. The molecule has 0 saturated carbocycles. The molecule has 0 saturated heterocycles. The van der Waals surface area contributed by atoms with E-state index in [0.29, 0.717) is 25.7 Å². The Kier molecular flexibility index (Phi) is 9.87. The molecule has 0 aromatic heterocycles. The molecule has 0 aliphatic rings. The molecule has 0 heterocycles. The van der Waals surface area contributed by atoms with Crippen LogP contribution in [0.4, 0.5) is 0 Å². The molecule has 0 rings (SSSR count). The van der Waals surface area contributed by atoms with Crippen molar-refractivity contribution in [1.82, 2.24) is 0 Å². The van der Waals surface area contributed by atoms with Crippen molar-refractivity contribution in [2.24, 2.45) is 10.8 Å². The SMILES string of the molecule is CC(C)(C)C(S)CC(O)CC(S)CC(O)CC(S)C(C)(C)C. The first-order valence-corrected chi connectivity index (χ1v) is 9.68. The summed E-state index contributed by atoms with van der Waals surface area (Å²) in [5, 5.41) is 20.7. The van der Waals surface area contributed by atoms with Gasteiger partial charge in [-0.2, -0.15) is 37.9 Å². The molecule has 0 radical (unpaired) electrons. The minimum Gasteiger partial charge on any atom is -0.393 e. The van der Waals surface area contributed by atoms with Gasteiger partial charge < -0.3 is 10.2 Å². The van der Waals surface area contributed by atoms with Crippen LogP contribution in [-0.4, -0.2) is 38.2 Å². The van der Waals surface area contributed by atoms with Crippen LogP contribution < -0.4 is 0 Å². The van der Waals surface area contributed by atoms with Gasteiger partial charge in [-0.1, -0.05) is 41.5 Å². The van der Waals surface area contributed by atoms with Gasteiger partial charge >= 0.3 is 0 Å². The van der Waals surface area contributed by atoms with Crippen LogP contribution in [0.3, 0.4) is 0 Å². The van der Waals surface area contributed by atoms with Gasteiger partial charge in [0.15, 0.2) is 0 Å². The maximum Gasteiger partial charge on any atom is 0.0561 e. The maximum atomic E-state index is 10.2. The van der Waals surface area contributed by atoms with Crippen LogP contribution >= 0.6 is 37.9 Å². The molecule has 0 aromatic carbocycles. The second-order valence-electron chi connectivity index (χ2n) is 8.67. The Balaban J connectivity index is 4.19. The number of thiol groups is 3.